The number of pyridine rings is 1. The minimum atomic E-state index is -0.594. The van der Waals surface area contributed by atoms with Gasteiger partial charge in [0.05, 0.1) is 5.60 Å². The van der Waals surface area contributed by atoms with Crippen molar-refractivity contribution < 1.29 is 5.11 Å². The molecule has 0 aliphatic carbocycles. The van der Waals surface area contributed by atoms with Crippen molar-refractivity contribution in [2.24, 2.45) is 0 Å². The van der Waals surface area contributed by atoms with Gasteiger partial charge in [-0.2, -0.15) is 0 Å². The van der Waals surface area contributed by atoms with Crippen LogP contribution in [0.2, 0.25) is 0 Å². The molecule has 106 valence electrons. The number of nitrogens with zero attached hydrogens (tertiary/aromatic N) is 3. The molecule has 1 fully saturated rings. The first-order valence-corrected chi connectivity index (χ1v) is 7.01. The van der Waals surface area contributed by atoms with Crippen LogP contribution in [0.25, 0.3) is 0 Å². The molecule has 0 atom stereocenters. The van der Waals surface area contributed by atoms with E-state index in [9.17, 15) is 5.11 Å². The number of hydrogen-bond acceptors (Lipinski definition) is 4. The predicted octanol–water partition coefficient (Wildman–Crippen LogP) is 1.28. The van der Waals surface area contributed by atoms with Crippen LogP contribution < -0.4 is 0 Å². The van der Waals surface area contributed by atoms with Crippen LogP contribution in [-0.2, 0) is 6.54 Å². The Morgan fingerprint density at radius 3 is 2.32 bits per heavy atom. The average molecular weight is 263 g/mol. The molecule has 0 unspecified atom stereocenters. The molecule has 0 bridgehead atoms. The summed E-state index contributed by atoms with van der Waals surface area (Å²) in [6.45, 7) is 11.7. The lowest BCUT2D eigenvalue weighted by Gasteiger charge is -2.37. The van der Waals surface area contributed by atoms with E-state index in [1.54, 1.807) is 0 Å². The Balaban J connectivity index is 1.79. The quantitative estimate of drug-likeness (QED) is 0.888. The molecule has 1 aromatic rings. The van der Waals surface area contributed by atoms with Crippen LogP contribution in [0.4, 0.5) is 0 Å². The van der Waals surface area contributed by atoms with E-state index in [-0.39, 0.29) is 0 Å². The molecule has 0 saturated carbocycles. The first-order valence-electron chi connectivity index (χ1n) is 7.01. The van der Waals surface area contributed by atoms with Gasteiger partial charge in [0, 0.05) is 51.2 Å². The van der Waals surface area contributed by atoms with Crippen molar-refractivity contribution in [1.82, 2.24) is 14.8 Å². The topological polar surface area (TPSA) is 39.6 Å². The normalized spacial score (nSPS) is 18.7. The van der Waals surface area contributed by atoms with Crippen molar-refractivity contribution in [3.8, 4) is 0 Å². The zero-order valence-corrected chi connectivity index (χ0v) is 12.3. The van der Waals surface area contributed by atoms with Crippen LogP contribution in [-0.4, -0.2) is 58.2 Å². The van der Waals surface area contributed by atoms with Gasteiger partial charge in [-0.15, -0.1) is 0 Å². The number of rotatable bonds is 4. The van der Waals surface area contributed by atoms with E-state index in [1.165, 1.54) is 5.56 Å². The van der Waals surface area contributed by atoms with E-state index in [2.05, 4.69) is 26.9 Å². The van der Waals surface area contributed by atoms with Crippen LogP contribution in [0.15, 0.2) is 18.3 Å². The fourth-order valence-electron chi connectivity index (χ4n) is 2.50. The fraction of sp³-hybridized carbons (Fsp3) is 0.667. The minimum absolute atomic E-state index is 0.594. The molecule has 1 N–H and O–H groups in total. The molecule has 4 heteroatoms. The zero-order chi connectivity index (χ0) is 13.9. The summed E-state index contributed by atoms with van der Waals surface area (Å²) in [6.07, 6.45) is 1.97. The second-order valence-corrected chi connectivity index (χ2v) is 6.17. The molecule has 1 aliphatic heterocycles. The largest absolute Gasteiger partial charge is 0.389 e. The van der Waals surface area contributed by atoms with Gasteiger partial charge >= 0.3 is 0 Å². The Kier molecular flexibility index (Phi) is 4.55. The third kappa shape index (κ3) is 4.90. The molecule has 0 amide bonds. The highest BCUT2D eigenvalue weighted by atomic mass is 16.3. The number of β-amino-alcohol motifs (C(OH)–C–C–N with tert-alkyl or cyclic N) is 1. The lowest BCUT2D eigenvalue weighted by Crippen LogP contribution is -2.50. The summed E-state index contributed by atoms with van der Waals surface area (Å²) in [5, 5.41) is 9.83. The SMILES string of the molecule is Cc1ccc(CN2CCN(CC(C)(C)O)CC2)cn1. The molecule has 1 saturated heterocycles. The third-order valence-corrected chi connectivity index (χ3v) is 3.45. The molecule has 1 aliphatic rings. The maximum absolute atomic E-state index is 9.83. The lowest BCUT2D eigenvalue weighted by molar-refractivity contribution is 0.0166. The van der Waals surface area contributed by atoms with Crippen LogP contribution in [0.1, 0.15) is 25.1 Å². The third-order valence-electron chi connectivity index (χ3n) is 3.45. The second kappa shape index (κ2) is 5.99. The van der Waals surface area contributed by atoms with Gasteiger partial charge in [0.15, 0.2) is 0 Å². The van der Waals surface area contributed by atoms with Gasteiger partial charge in [-0.25, -0.2) is 0 Å². The standard InChI is InChI=1S/C15H25N3O/c1-13-4-5-14(10-16-13)11-17-6-8-18(9-7-17)12-15(2,3)19/h4-5,10,19H,6-9,11-12H2,1-3H3. The van der Waals surface area contributed by atoms with Crippen molar-refractivity contribution in [2.45, 2.75) is 32.9 Å². The summed E-state index contributed by atoms with van der Waals surface area (Å²) in [6, 6.07) is 4.23. The van der Waals surface area contributed by atoms with Gasteiger partial charge in [0.1, 0.15) is 0 Å². The summed E-state index contributed by atoms with van der Waals surface area (Å²) < 4.78 is 0. The summed E-state index contributed by atoms with van der Waals surface area (Å²) in [5.74, 6) is 0. The highest BCUT2D eigenvalue weighted by molar-refractivity contribution is 5.13. The molecule has 1 aromatic heterocycles. The van der Waals surface area contributed by atoms with Crippen molar-refractivity contribution in [2.75, 3.05) is 32.7 Å². The van der Waals surface area contributed by atoms with Gasteiger partial charge in [0.2, 0.25) is 0 Å². The molecule has 19 heavy (non-hydrogen) atoms. The molecule has 2 heterocycles. The van der Waals surface area contributed by atoms with E-state index in [4.69, 9.17) is 0 Å². The van der Waals surface area contributed by atoms with Crippen molar-refractivity contribution in [3.05, 3.63) is 29.6 Å². The van der Waals surface area contributed by atoms with Crippen molar-refractivity contribution in [3.63, 3.8) is 0 Å². The van der Waals surface area contributed by atoms with Crippen LogP contribution >= 0.6 is 0 Å². The number of aromatic nitrogens is 1. The van der Waals surface area contributed by atoms with Crippen LogP contribution in [0.5, 0.6) is 0 Å². The van der Waals surface area contributed by atoms with Gasteiger partial charge in [-0.3, -0.25) is 14.8 Å². The molecule has 4 nitrogen and oxygen atoms in total. The molecular weight excluding hydrogens is 238 g/mol. The first-order chi connectivity index (χ1) is 8.92. The van der Waals surface area contributed by atoms with Gasteiger partial charge in [-0.1, -0.05) is 6.07 Å². The van der Waals surface area contributed by atoms with E-state index in [0.29, 0.717) is 0 Å². The summed E-state index contributed by atoms with van der Waals surface area (Å²) >= 11 is 0. The predicted molar refractivity (Wildman–Crippen MR) is 77.0 cm³/mol. The van der Waals surface area contributed by atoms with Crippen LogP contribution in [0, 0.1) is 6.92 Å². The summed E-state index contributed by atoms with van der Waals surface area (Å²) in [7, 11) is 0. The van der Waals surface area contributed by atoms with E-state index in [1.807, 2.05) is 27.0 Å². The highest BCUT2D eigenvalue weighted by Gasteiger charge is 2.22. The minimum Gasteiger partial charge on any atom is -0.389 e. The number of hydrogen-bond donors (Lipinski definition) is 1. The highest BCUT2D eigenvalue weighted by Crippen LogP contribution is 2.11. The molecule has 0 aromatic carbocycles. The fourth-order valence-corrected chi connectivity index (χ4v) is 2.50. The van der Waals surface area contributed by atoms with E-state index >= 15 is 0 Å². The molecule has 0 radical (unpaired) electrons. The van der Waals surface area contributed by atoms with Crippen LogP contribution in [0.3, 0.4) is 0 Å². The van der Waals surface area contributed by atoms with Gasteiger partial charge in [-0.05, 0) is 32.4 Å². The number of aryl methyl sites for hydroxylation is 1. The Bertz CT molecular complexity index is 389. The first kappa shape index (κ1) is 14.4. The molecular formula is C15H25N3O. The smallest absolute Gasteiger partial charge is 0.0718 e. The van der Waals surface area contributed by atoms with Crippen molar-refractivity contribution in [1.29, 1.82) is 0 Å². The molecule has 2 rings (SSSR count). The lowest BCUT2D eigenvalue weighted by atomic mass is 10.1. The Morgan fingerprint density at radius 1 is 1.16 bits per heavy atom. The zero-order valence-electron chi connectivity index (χ0n) is 12.3. The second-order valence-electron chi connectivity index (χ2n) is 6.17. The van der Waals surface area contributed by atoms with Gasteiger partial charge < -0.3 is 5.11 Å². The van der Waals surface area contributed by atoms with E-state index < -0.39 is 5.60 Å². The average Bonchev–Trinajstić information content (AvgIpc) is 2.33. The number of aliphatic hydroxyl groups is 1. The summed E-state index contributed by atoms with van der Waals surface area (Å²) in [5.41, 5.74) is 1.75. The maximum Gasteiger partial charge on any atom is 0.0718 e. The Morgan fingerprint density at radius 2 is 1.79 bits per heavy atom. The Hall–Kier alpha value is -0.970. The molecule has 0 spiro atoms. The monoisotopic (exact) mass is 263 g/mol. The van der Waals surface area contributed by atoms with Crippen molar-refractivity contribution >= 4 is 0 Å². The number of piperazine rings is 1. The Labute approximate surface area is 116 Å². The van der Waals surface area contributed by atoms with E-state index in [0.717, 1.165) is 45.0 Å². The van der Waals surface area contributed by atoms with Gasteiger partial charge in [0.25, 0.3) is 0 Å². The maximum atomic E-state index is 9.83. The summed E-state index contributed by atoms with van der Waals surface area (Å²) in [4.78, 5) is 9.13.